The van der Waals surface area contributed by atoms with Crippen LogP contribution in [0.1, 0.15) is 65.2 Å². The Morgan fingerprint density at radius 1 is 0.842 bits per heavy atom. The molecule has 5 nitrogen and oxygen atoms in total. The van der Waals surface area contributed by atoms with Gasteiger partial charge in [0.25, 0.3) is 0 Å². The molecule has 0 aromatic rings. The zero-order valence-electron chi connectivity index (χ0n) is 12.2. The maximum absolute atomic E-state index is 11.6. The Hall–Kier alpha value is -0.940. The lowest BCUT2D eigenvalue weighted by atomic mass is 10.1. The molecule has 2 atom stereocenters. The second-order valence-electron chi connectivity index (χ2n) is 4.94. The molecule has 0 rings (SSSR count). The van der Waals surface area contributed by atoms with E-state index in [1.165, 1.54) is 0 Å². The van der Waals surface area contributed by atoms with Crippen LogP contribution in [0, 0.1) is 0 Å². The van der Waals surface area contributed by atoms with Gasteiger partial charge < -0.3 is 16.2 Å². The molecular weight excluding hydrogens is 244 g/mol. The monoisotopic (exact) mass is 272 g/mol. The summed E-state index contributed by atoms with van der Waals surface area (Å²) < 4.78 is 4.71. The maximum atomic E-state index is 11.6. The molecule has 0 saturated carbocycles. The van der Waals surface area contributed by atoms with E-state index in [9.17, 15) is 9.59 Å². The van der Waals surface area contributed by atoms with E-state index in [4.69, 9.17) is 16.2 Å². The standard InChI is InChI=1S/C14H28N2O3/c1-3-5-7-9-11(15)13(17)19-14(18)12(16)10-8-6-4-2/h11-12H,3-10,15-16H2,1-2H3. The molecule has 0 aliphatic rings. The molecule has 0 radical (unpaired) electrons. The van der Waals surface area contributed by atoms with E-state index in [0.29, 0.717) is 12.8 Å². The Bertz CT molecular complexity index is 243. The third kappa shape index (κ3) is 8.72. The van der Waals surface area contributed by atoms with Crippen LogP contribution >= 0.6 is 0 Å². The number of nitrogens with two attached hydrogens (primary N) is 2. The molecule has 0 saturated heterocycles. The van der Waals surface area contributed by atoms with Crippen LogP contribution < -0.4 is 11.5 Å². The smallest absolute Gasteiger partial charge is 0.330 e. The summed E-state index contributed by atoms with van der Waals surface area (Å²) >= 11 is 0. The van der Waals surface area contributed by atoms with Crippen molar-refractivity contribution in [2.75, 3.05) is 0 Å². The highest BCUT2D eigenvalue weighted by Crippen LogP contribution is 2.06. The zero-order chi connectivity index (χ0) is 14.7. The van der Waals surface area contributed by atoms with Gasteiger partial charge in [0, 0.05) is 0 Å². The number of carbonyl (C=O) groups is 2. The lowest BCUT2D eigenvalue weighted by molar-refractivity contribution is -0.161. The Kier molecular flexibility index (Phi) is 10.4. The minimum absolute atomic E-state index is 0.547. The first-order chi connectivity index (χ1) is 9.02. The predicted molar refractivity (Wildman–Crippen MR) is 75.3 cm³/mol. The molecule has 4 N–H and O–H groups in total. The van der Waals surface area contributed by atoms with Crippen LogP contribution in [0.2, 0.25) is 0 Å². The molecule has 0 aliphatic heterocycles. The molecule has 0 amide bonds. The van der Waals surface area contributed by atoms with E-state index >= 15 is 0 Å². The van der Waals surface area contributed by atoms with Crippen LogP contribution in [0.3, 0.4) is 0 Å². The average Bonchev–Trinajstić information content (AvgIpc) is 2.38. The summed E-state index contributed by atoms with van der Waals surface area (Å²) in [5, 5.41) is 0. The number of hydrogen-bond acceptors (Lipinski definition) is 5. The SMILES string of the molecule is CCCCCC(N)C(=O)OC(=O)C(N)CCCCC. The number of unbranched alkanes of at least 4 members (excludes halogenated alkanes) is 4. The highest BCUT2D eigenvalue weighted by Gasteiger charge is 2.22. The molecule has 5 heteroatoms. The van der Waals surface area contributed by atoms with Crippen LogP contribution in [0.5, 0.6) is 0 Å². The van der Waals surface area contributed by atoms with Gasteiger partial charge in [-0.3, -0.25) is 0 Å². The number of carbonyl (C=O) groups excluding carboxylic acids is 2. The van der Waals surface area contributed by atoms with Gasteiger partial charge in [-0.2, -0.15) is 0 Å². The summed E-state index contributed by atoms with van der Waals surface area (Å²) in [4.78, 5) is 23.1. The van der Waals surface area contributed by atoms with Crippen LogP contribution in [0.15, 0.2) is 0 Å². The number of rotatable bonds is 10. The summed E-state index contributed by atoms with van der Waals surface area (Å²) in [6, 6.07) is -1.45. The fourth-order valence-corrected chi connectivity index (χ4v) is 1.71. The Labute approximate surface area is 116 Å². The summed E-state index contributed by atoms with van der Waals surface area (Å²) in [6.45, 7) is 4.14. The van der Waals surface area contributed by atoms with Gasteiger partial charge in [0.15, 0.2) is 0 Å². The van der Waals surface area contributed by atoms with Gasteiger partial charge in [-0.15, -0.1) is 0 Å². The van der Waals surface area contributed by atoms with Gasteiger partial charge in [-0.25, -0.2) is 9.59 Å². The number of hydrogen-bond donors (Lipinski definition) is 2. The summed E-state index contributed by atoms with van der Waals surface area (Å²) in [6.07, 6.45) is 6.98. The van der Waals surface area contributed by atoms with E-state index in [-0.39, 0.29) is 0 Å². The van der Waals surface area contributed by atoms with Crippen molar-refractivity contribution in [1.29, 1.82) is 0 Å². The van der Waals surface area contributed by atoms with Crippen molar-refractivity contribution in [3.05, 3.63) is 0 Å². The first-order valence-corrected chi connectivity index (χ1v) is 7.29. The zero-order valence-corrected chi connectivity index (χ0v) is 12.2. The predicted octanol–water partition coefficient (Wildman–Crippen LogP) is 1.87. The van der Waals surface area contributed by atoms with Crippen LogP contribution in [0.4, 0.5) is 0 Å². The third-order valence-electron chi connectivity index (χ3n) is 3.04. The molecule has 112 valence electrons. The van der Waals surface area contributed by atoms with Crippen LogP contribution in [-0.4, -0.2) is 24.0 Å². The van der Waals surface area contributed by atoms with Crippen molar-refractivity contribution in [3.8, 4) is 0 Å². The first kappa shape index (κ1) is 18.1. The summed E-state index contributed by atoms with van der Waals surface area (Å²) in [5.74, 6) is -1.32. The molecule has 0 heterocycles. The fourth-order valence-electron chi connectivity index (χ4n) is 1.71. The van der Waals surface area contributed by atoms with Crippen LogP contribution in [0.25, 0.3) is 0 Å². The molecular formula is C14H28N2O3. The Balaban J connectivity index is 3.92. The van der Waals surface area contributed by atoms with Crippen molar-refractivity contribution in [3.63, 3.8) is 0 Å². The van der Waals surface area contributed by atoms with Gasteiger partial charge in [0.2, 0.25) is 0 Å². The molecule has 0 aliphatic carbocycles. The van der Waals surface area contributed by atoms with E-state index in [2.05, 4.69) is 13.8 Å². The quantitative estimate of drug-likeness (QED) is 0.359. The lowest BCUT2D eigenvalue weighted by Gasteiger charge is -2.13. The molecule has 0 aromatic heterocycles. The van der Waals surface area contributed by atoms with Crippen molar-refractivity contribution < 1.29 is 14.3 Å². The average molecular weight is 272 g/mol. The van der Waals surface area contributed by atoms with Gasteiger partial charge in [-0.05, 0) is 12.8 Å². The van der Waals surface area contributed by atoms with Crippen molar-refractivity contribution in [2.45, 2.75) is 77.3 Å². The summed E-state index contributed by atoms with van der Waals surface area (Å²) in [5.41, 5.74) is 11.3. The van der Waals surface area contributed by atoms with Gasteiger partial charge >= 0.3 is 11.9 Å². The second kappa shape index (κ2) is 10.9. The topological polar surface area (TPSA) is 95.4 Å². The molecule has 2 unspecified atom stereocenters. The second-order valence-corrected chi connectivity index (χ2v) is 4.94. The first-order valence-electron chi connectivity index (χ1n) is 7.29. The van der Waals surface area contributed by atoms with Crippen LogP contribution in [-0.2, 0) is 14.3 Å². The van der Waals surface area contributed by atoms with Crippen molar-refractivity contribution in [1.82, 2.24) is 0 Å². The fraction of sp³-hybridized carbons (Fsp3) is 0.857. The van der Waals surface area contributed by atoms with E-state index in [1.807, 2.05) is 0 Å². The Morgan fingerprint density at radius 2 is 1.21 bits per heavy atom. The lowest BCUT2D eigenvalue weighted by Crippen LogP contribution is -2.39. The normalized spacial score (nSPS) is 13.9. The molecule has 19 heavy (non-hydrogen) atoms. The molecule has 0 bridgehead atoms. The maximum Gasteiger partial charge on any atom is 0.330 e. The highest BCUT2D eigenvalue weighted by molar-refractivity contribution is 5.90. The highest BCUT2D eigenvalue weighted by atomic mass is 16.6. The van der Waals surface area contributed by atoms with Gasteiger partial charge in [-0.1, -0.05) is 52.4 Å². The number of ether oxygens (including phenoxy) is 1. The number of esters is 2. The largest absolute Gasteiger partial charge is 0.391 e. The minimum Gasteiger partial charge on any atom is -0.391 e. The Morgan fingerprint density at radius 3 is 1.53 bits per heavy atom. The minimum atomic E-state index is -0.724. The molecule has 0 aromatic carbocycles. The molecule has 0 fully saturated rings. The van der Waals surface area contributed by atoms with Crippen molar-refractivity contribution >= 4 is 11.9 Å². The summed E-state index contributed by atoms with van der Waals surface area (Å²) in [7, 11) is 0. The van der Waals surface area contributed by atoms with E-state index in [0.717, 1.165) is 38.5 Å². The molecule has 0 spiro atoms. The van der Waals surface area contributed by atoms with Crippen molar-refractivity contribution in [2.24, 2.45) is 11.5 Å². The van der Waals surface area contributed by atoms with E-state index < -0.39 is 24.0 Å². The van der Waals surface area contributed by atoms with Gasteiger partial charge in [0.05, 0.1) is 0 Å². The van der Waals surface area contributed by atoms with E-state index in [1.54, 1.807) is 0 Å². The van der Waals surface area contributed by atoms with Gasteiger partial charge in [0.1, 0.15) is 12.1 Å². The third-order valence-corrected chi connectivity index (χ3v) is 3.04.